The first kappa shape index (κ1) is 13.1. The molecule has 0 saturated heterocycles. The molecule has 1 aromatic carbocycles. The maximum Gasteiger partial charge on any atom is 0.123 e. The Morgan fingerprint density at radius 2 is 2.17 bits per heavy atom. The van der Waals surface area contributed by atoms with E-state index in [-0.39, 0.29) is 0 Å². The second-order valence-corrected chi connectivity index (χ2v) is 5.58. The van der Waals surface area contributed by atoms with E-state index in [0.29, 0.717) is 6.61 Å². The third-order valence-electron chi connectivity index (χ3n) is 2.56. The average molecular weight is 262 g/mol. The summed E-state index contributed by atoms with van der Waals surface area (Å²) in [6, 6.07) is 7.98. The molecular formula is C14H18N2OS. The summed E-state index contributed by atoms with van der Waals surface area (Å²) < 4.78 is 5.49. The minimum Gasteiger partial charge on any atom is -0.494 e. The van der Waals surface area contributed by atoms with Gasteiger partial charge in [0.05, 0.1) is 17.8 Å². The van der Waals surface area contributed by atoms with Crippen molar-refractivity contribution in [1.82, 2.24) is 4.98 Å². The summed E-state index contributed by atoms with van der Waals surface area (Å²) in [5, 5.41) is 2.99. The van der Waals surface area contributed by atoms with Crippen molar-refractivity contribution in [3.05, 3.63) is 35.3 Å². The van der Waals surface area contributed by atoms with Gasteiger partial charge in [-0.05, 0) is 32.9 Å². The number of rotatable bonds is 4. The third-order valence-corrected chi connectivity index (χ3v) is 3.45. The van der Waals surface area contributed by atoms with Crippen LogP contribution in [0.2, 0.25) is 0 Å². The minimum absolute atomic E-state index is 0.397. The van der Waals surface area contributed by atoms with Gasteiger partial charge >= 0.3 is 0 Å². The van der Waals surface area contributed by atoms with E-state index in [2.05, 4.69) is 4.98 Å². The first-order chi connectivity index (χ1) is 8.50. The topological polar surface area (TPSA) is 48.1 Å². The molecule has 0 bridgehead atoms. The molecule has 3 nitrogen and oxygen atoms in total. The molecule has 96 valence electrons. The molecule has 0 spiro atoms. The van der Waals surface area contributed by atoms with E-state index in [1.165, 1.54) is 0 Å². The van der Waals surface area contributed by atoms with Gasteiger partial charge in [-0.1, -0.05) is 12.1 Å². The fourth-order valence-electron chi connectivity index (χ4n) is 1.59. The zero-order valence-corrected chi connectivity index (χ0v) is 11.8. The molecule has 4 heteroatoms. The van der Waals surface area contributed by atoms with Crippen molar-refractivity contribution in [3.8, 4) is 16.3 Å². The smallest absolute Gasteiger partial charge is 0.123 e. The van der Waals surface area contributed by atoms with Crippen molar-refractivity contribution in [1.29, 1.82) is 0 Å². The van der Waals surface area contributed by atoms with Gasteiger partial charge in [-0.3, -0.25) is 0 Å². The number of thiazole rings is 1. The Labute approximate surface area is 112 Å². The van der Waals surface area contributed by atoms with Gasteiger partial charge in [0.2, 0.25) is 0 Å². The van der Waals surface area contributed by atoms with Gasteiger partial charge in [0.25, 0.3) is 0 Å². The molecule has 0 aliphatic rings. The van der Waals surface area contributed by atoms with Crippen molar-refractivity contribution in [2.75, 3.05) is 6.61 Å². The number of nitrogens with zero attached hydrogens (tertiary/aromatic N) is 1. The Kier molecular flexibility index (Phi) is 3.68. The predicted molar refractivity (Wildman–Crippen MR) is 75.9 cm³/mol. The number of benzene rings is 1. The first-order valence-corrected chi connectivity index (χ1v) is 6.87. The lowest BCUT2D eigenvalue weighted by Crippen LogP contribution is -2.28. The number of nitrogens with two attached hydrogens (primary N) is 1. The molecule has 2 rings (SSSR count). The van der Waals surface area contributed by atoms with Crippen molar-refractivity contribution in [2.45, 2.75) is 26.3 Å². The summed E-state index contributed by atoms with van der Waals surface area (Å²) in [5.41, 5.74) is 7.64. The molecule has 0 radical (unpaired) electrons. The molecule has 2 aromatic rings. The van der Waals surface area contributed by atoms with Crippen LogP contribution in [0.3, 0.4) is 0 Å². The van der Waals surface area contributed by atoms with E-state index in [1.54, 1.807) is 11.3 Å². The van der Waals surface area contributed by atoms with Gasteiger partial charge in [-0.15, -0.1) is 11.3 Å². The maximum atomic E-state index is 6.05. The summed E-state index contributed by atoms with van der Waals surface area (Å²) in [5.74, 6) is 0.874. The van der Waals surface area contributed by atoms with Gasteiger partial charge < -0.3 is 10.5 Å². The minimum atomic E-state index is -0.397. The average Bonchev–Trinajstić information content (AvgIpc) is 2.78. The molecule has 1 aromatic heterocycles. The molecule has 0 unspecified atom stereocenters. The zero-order valence-electron chi connectivity index (χ0n) is 10.9. The van der Waals surface area contributed by atoms with Gasteiger partial charge in [0.15, 0.2) is 0 Å². The van der Waals surface area contributed by atoms with Crippen molar-refractivity contribution in [3.63, 3.8) is 0 Å². The molecule has 0 aliphatic heterocycles. The Morgan fingerprint density at radius 1 is 1.39 bits per heavy atom. The quantitative estimate of drug-likeness (QED) is 0.918. The molecule has 18 heavy (non-hydrogen) atoms. The van der Waals surface area contributed by atoms with E-state index in [4.69, 9.17) is 10.5 Å². The normalized spacial score (nSPS) is 11.6. The standard InChI is InChI=1S/C14H18N2OS/c1-4-17-11-7-5-6-10(8-11)13-16-12(9-18-13)14(2,3)15/h5-9H,4,15H2,1-3H3. The molecule has 0 saturated carbocycles. The number of ether oxygens (including phenoxy) is 1. The van der Waals surface area contributed by atoms with Crippen LogP contribution in [-0.4, -0.2) is 11.6 Å². The van der Waals surface area contributed by atoms with Gasteiger partial charge in [-0.2, -0.15) is 0 Å². The molecule has 0 amide bonds. The highest BCUT2D eigenvalue weighted by molar-refractivity contribution is 7.13. The molecule has 0 atom stereocenters. The van der Waals surface area contributed by atoms with Crippen LogP contribution >= 0.6 is 11.3 Å². The Morgan fingerprint density at radius 3 is 2.78 bits per heavy atom. The van der Waals surface area contributed by atoms with E-state index in [0.717, 1.165) is 22.0 Å². The van der Waals surface area contributed by atoms with Crippen LogP contribution in [0, 0.1) is 0 Å². The lowest BCUT2D eigenvalue weighted by atomic mass is 10.0. The molecule has 0 aliphatic carbocycles. The third kappa shape index (κ3) is 2.89. The molecule has 2 N–H and O–H groups in total. The zero-order chi connectivity index (χ0) is 13.2. The van der Waals surface area contributed by atoms with E-state index in [9.17, 15) is 0 Å². The summed E-state index contributed by atoms with van der Waals surface area (Å²) >= 11 is 1.61. The number of hydrogen-bond acceptors (Lipinski definition) is 4. The van der Waals surface area contributed by atoms with E-state index < -0.39 is 5.54 Å². The highest BCUT2D eigenvalue weighted by Crippen LogP contribution is 2.29. The van der Waals surface area contributed by atoms with Crippen LogP contribution in [0.5, 0.6) is 5.75 Å². The Balaban J connectivity index is 2.31. The number of hydrogen-bond donors (Lipinski definition) is 1. The molecule has 0 fully saturated rings. The van der Waals surface area contributed by atoms with Crippen LogP contribution in [0.4, 0.5) is 0 Å². The second-order valence-electron chi connectivity index (χ2n) is 4.72. The largest absolute Gasteiger partial charge is 0.494 e. The van der Waals surface area contributed by atoms with Crippen molar-refractivity contribution < 1.29 is 4.74 Å². The van der Waals surface area contributed by atoms with Gasteiger partial charge in [0, 0.05) is 10.9 Å². The summed E-state index contributed by atoms with van der Waals surface area (Å²) in [6.07, 6.45) is 0. The summed E-state index contributed by atoms with van der Waals surface area (Å²) in [4.78, 5) is 4.59. The lowest BCUT2D eigenvalue weighted by molar-refractivity contribution is 0.340. The monoisotopic (exact) mass is 262 g/mol. The molecule has 1 heterocycles. The van der Waals surface area contributed by atoms with Crippen LogP contribution in [0.25, 0.3) is 10.6 Å². The fourth-order valence-corrected chi connectivity index (χ4v) is 2.58. The van der Waals surface area contributed by atoms with E-state index in [1.807, 2.05) is 50.4 Å². The highest BCUT2D eigenvalue weighted by atomic mass is 32.1. The highest BCUT2D eigenvalue weighted by Gasteiger charge is 2.18. The predicted octanol–water partition coefficient (Wildman–Crippen LogP) is 3.40. The SMILES string of the molecule is CCOc1cccc(-c2nc(C(C)(C)N)cs2)c1. The van der Waals surface area contributed by atoms with Crippen molar-refractivity contribution >= 4 is 11.3 Å². The van der Waals surface area contributed by atoms with Gasteiger partial charge in [-0.25, -0.2) is 4.98 Å². The number of aromatic nitrogens is 1. The van der Waals surface area contributed by atoms with Crippen molar-refractivity contribution in [2.24, 2.45) is 5.73 Å². The van der Waals surface area contributed by atoms with Gasteiger partial charge in [0.1, 0.15) is 10.8 Å². The maximum absolute atomic E-state index is 6.05. The molecular weight excluding hydrogens is 244 g/mol. The van der Waals surface area contributed by atoms with Crippen LogP contribution < -0.4 is 10.5 Å². The van der Waals surface area contributed by atoms with E-state index >= 15 is 0 Å². The van der Waals surface area contributed by atoms with Crippen LogP contribution in [-0.2, 0) is 5.54 Å². The van der Waals surface area contributed by atoms with Crippen LogP contribution in [0.1, 0.15) is 26.5 Å². The second kappa shape index (κ2) is 5.08. The summed E-state index contributed by atoms with van der Waals surface area (Å²) in [7, 11) is 0. The van der Waals surface area contributed by atoms with Crippen LogP contribution in [0.15, 0.2) is 29.6 Å². The Hall–Kier alpha value is -1.39. The lowest BCUT2D eigenvalue weighted by Gasteiger charge is -2.14. The Bertz CT molecular complexity index is 529. The first-order valence-electron chi connectivity index (χ1n) is 5.99. The fraction of sp³-hybridized carbons (Fsp3) is 0.357. The summed E-state index contributed by atoms with van der Waals surface area (Å²) in [6.45, 7) is 6.57.